The van der Waals surface area contributed by atoms with Gasteiger partial charge >= 0.3 is 0 Å². The SMILES string of the molecule is O=C(CC1CSc2nc3c(cnn3-c3ccc(Cl)cc3)c(=O)n21)Nc1ccc(Cl)cc1. The molecule has 2 aromatic carbocycles. The third kappa shape index (κ3) is 3.82. The second kappa shape index (κ2) is 8.03. The fourth-order valence-electron chi connectivity index (χ4n) is 3.51. The number of thioether (sulfide) groups is 1. The normalized spacial score (nSPS) is 15.2. The molecule has 7 nitrogen and oxygen atoms in total. The number of aromatic nitrogens is 4. The number of amides is 1. The van der Waals surface area contributed by atoms with Crippen LogP contribution in [0.2, 0.25) is 10.0 Å². The van der Waals surface area contributed by atoms with Gasteiger partial charge in [-0.2, -0.15) is 5.10 Å². The van der Waals surface area contributed by atoms with Crippen LogP contribution in [0.3, 0.4) is 0 Å². The fraction of sp³-hybridized carbons (Fsp3) is 0.143. The van der Waals surface area contributed by atoms with E-state index in [9.17, 15) is 9.59 Å². The second-order valence-electron chi connectivity index (χ2n) is 7.06. The highest BCUT2D eigenvalue weighted by Gasteiger charge is 2.29. The van der Waals surface area contributed by atoms with Gasteiger partial charge in [0.05, 0.1) is 17.9 Å². The van der Waals surface area contributed by atoms with Gasteiger partial charge in [-0.1, -0.05) is 35.0 Å². The van der Waals surface area contributed by atoms with Crippen molar-refractivity contribution in [1.82, 2.24) is 19.3 Å². The zero-order valence-corrected chi connectivity index (χ0v) is 18.3. The van der Waals surface area contributed by atoms with Crippen molar-refractivity contribution in [3.8, 4) is 5.69 Å². The van der Waals surface area contributed by atoms with E-state index < -0.39 is 0 Å². The molecule has 10 heteroatoms. The lowest BCUT2D eigenvalue weighted by Gasteiger charge is -2.13. The molecule has 156 valence electrons. The lowest BCUT2D eigenvalue weighted by Crippen LogP contribution is -2.27. The summed E-state index contributed by atoms with van der Waals surface area (Å²) in [6.45, 7) is 0. The van der Waals surface area contributed by atoms with Gasteiger partial charge in [0.25, 0.3) is 5.56 Å². The van der Waals surface area contributed by atoms with Crippen molar-refractivity contribution in [3.63, 3.8) is 0 Å². The molecule has 1 atom stereocenters. The van der Waals surface area contributed by atoms with Gasteiger partial charge in [-0.25, -0.2) is 9.67 Å². The van der Waals surface area contributed by atoms with Gasteiger partial charge in [0.2, 0.25) is 5.91 Å². The molecule has 0 saturated heterocycles. The van der Waals surface area contributed by atoms with Crippen molar-refractivity contribution < 1.29 is 4.79 Å². The largest absolute Gasteiger partial charge is 0.326 e. The number of fused-ring (bicyclic) bond motifs is 2. The van der Waals surface area contributed by atoms with Crippen LogP contribution in [0, 0.1) is 0 Å². The number of nitrogens with zero attached hydrogens (tertiary/aromatic N) is 4. The molecule has 1 unspecified atom stereocenters. The van der Waals surface area contributed by atoms with Crippen molar-refractivity contribution in [2.45, 2.75) is 17.6 Å². The highest BCUT2D eigenvalue weighted by molar-refractivity contribution is 7.99. The molecule has 4 aromatic rings. The molecule has 1 amide bonds. The topological polar surface area (TPSA) is 81.8 Å². The molecule has 3 heterocycles. The van der Waals surface area contributed by atoms with Crippen molar-refractivity contribution in [2.75, 3.05) is 11.1 Å². The van der Waals surface area contributed by atoms with Crippen molar-refractivity contribution in [1.29, 1.82) is 0 Å². The maximum absolute atomic E-state index is 13.2. The van der Waals surface area contributed by atoms with Crippen LogP contribution in [0.5, 0.6) is 0 Å². The molecule has 0 spiro atoms. The Balaban J connectivity index is 1.44. The Bertz CT molecular complexity index is 1350. The van der Waals surface area contributed by atoms with Gasteiger partial charge in [0.15, 0.2) is 10.8 Å². The third-order valence-electron chi connectivity index (χ3n) is 4.99. The van der Waals surface area contributed by atoms with E-state index in [1.165, 1.54) is 18.0 Å². The highest BCUT2D eigenvalue weighted by atomic mass is 35.5. The minimum atomic E-state index is -0.282. The maximum Gasteiger partial charge on any atom is 0.265 e. The van der Waals surface area contributed by atoms with Crippen LogP contribution in [0.4, 0.5) is 5.69 Å². The molecular weight excluding hydrogens is 457 g/mol. The Labute approximate surface area is 191 Å². The van der Waals surface area contributed by atoms with Gasteiger partial charge < -0.3 is 5.32 Å². The Hall–Kier alpha value is -2.81. The number of carbonyl (C=O) groups is 1. The number of carbonyl (C=O) groups excluding carboxylic acids is 1. The monoisotopic (exact) mass is 471 g/mol. The number of hydrogen-bond donors (Lipinski definition) is 1. The van der Waals surface area contributed by atoms with E-state index in [-0.39, 0.29) is 23.9 Å². The molecule has 0 bridgehead atoms. The molecule has 0 radical (unpaired) electrons. The van der Waals surface area contributed by atoms with Crippen LogP contribution in [0.1, 0.15) is 12.5 Å². The average Bonchev–Trinajstić information content (AvgIpc) is 3.35. The molecular formula is C21H15Cl2N5O2S. The highest BCUT2D eigenvalue weighted by Crippen LogP contribution is 2.33. The summed E-state index contributed by atoms with van der Waals surface area (Å²) in [7, 11) is 0. The molecule has 0 aliphatic carbocycles. The first kappa shape index (κ1) is 20.1. The fourth-order valence-corrected chi connectivity index (χ4v) is 4.89. The number of hydrogen-bond acceptors (Lipinski definition) is 5. The van der Waals surface area contributed by atoms with Crippen LogP contribution in [0.15, 0.2) is 64.7 Å². The van der Waals surface area contributed by atoms with E-state index in [0.717, 1.165) is 5.69 Å². The molecule has 5 rings (SSSR count). The Morgan fingerprint density at radius 2 is 1.77 bits per heavy atom. The molecule has 0 fully saturated rings. The van der Waals surface area contributed by atoms with Gasteiger partial charge in [0.1, 0.15) is 5.39 Å². The predicted molar refractivity (Wildman–Crippen MR) is 123 cm³/mol. The number of rotatable bonds is 4. The smallest absolute Gasteiger partial charge is 0.265 e. The number of anilines is 1. The van der Waals surface area contributed by atoms with E-state index in [4.69, 9.17) is 23.2 Å². The molecule has 0 saturated carbocycles. The van der Waals surface area contributed by atoms with E-state index in [1.807, 2.05) is 12.1 Å². The lowest BCUT2D eigenvalue weighted by molar-refractivity contribution is -0.116. The molecule has 31 heavy (non-hydrogen) atoms. The van der Waals surface area contributed by atoms with Crippen molar-refractivity contribution in [3.05, 3.63) is 75.1 Å². The summed E-state index contributed by atoms with van der Waals surface area (Å²) < 4.78 is 3.22. The Morgan fingerprint density at radius 1 is 1.10 bits per heavy atom. The minimum Gasteiger partial charge on any atom is -0.326 e. The van der Waals surface area contributed by atoms with Crippen LogP contribution in [-0.2, 0) is 4.79 Å². The lowest BCUT2D eigenvalue weighted by atomic mass is 10.2. The van der Waals surface area contributed by atoms with E-state index >= 15 is 0 Å². The minimum absolute atomic E-state index is 0.168. The van der Waals surface area contributed by atoms with Crippen LogP contribution < -0.4 is 10.9 Å². The summed E-state index contributed by atoms with van der Waals surface area (Å²) in [4.78, 5) is 30.4. The van der Waals surface area contributed by atoms with Gasteiger partial charge in [-0.05, 0) is 48.5 Å². The number of halogens is 2. The first-order chi connectivity index (χ1) is 15.0. The zero-order chi connectivity index (χ0) is 21.5. The van der Waals surface area contributed by atoms with E-state index in [2.05, 4.69) is 15.4 Å². The number of nitrogens with one attached hydrogen (secondary N) is 1. The molecule has 2 aromatic heterocycles. The van der Waals surface area contributed by atoms with Gasteiger partial charge in [-0.3, -0.25) is 14.2 Å². The molecule has 1 N–H and O–H groups in total. The van der Waals surface area contributed by atoms with Gasteiger partial charge in [-0.15, -0.1) is 0 Å². The Morgan fingerprint density at radius 3 is 2.48 bits per heavy atom. The summed E-state index contributed by atoms with van der Waals surface area (Å²) in [5, 5.41) is 9.39. The quantitative estimate of drug-likeness (QED) is 0.441. The summed E-state index contributed by atoms with van der Waals surface area (Å²) in [6, 6.07) is 13.8. The second-order valence-corrected chi connectivity index (χ2v) is 8.92. The standard InChI is InChI=1S/C21H15Cl2N5O2S/c22-12-1-5-14(6-2-12)25-18(29)9-16-11-31-21-26-19-17(20(30)27(16)21)10-24-28(19)15-7-3-13(23)4-8-15/h1-8,10,16H,9,11H2,(H,25,29). The average molecular weight is 472 g/mol. The van der Waals surface area contributed by atoms with Crippen LogP contribution >= 0.6 is 35.0 Å². The van der Waals surface area contributed by atoms with Crippen molar-refractivity contribution >= 4 is 57.6 Å². The summed E-state index contributed by atoms with van der Waals surface area (Å²) in [5.74, 6) is 0.418. The zero-order valence-electron chi connectivity index (χ0n) is 16.0. The Kier molecular flexibility index (Phi) is 5.21. The summed E-state index contributed by atoms with van der Waals surface area (Å²) in [6.07, 6.45) is 1.68. The predicted octanol–water partition coefficient (Wildman–Crippen LogP) is 4.56. The van der Waals surface area contributed by atoms with E-state index in [1.54, 1.807) is 45.6 Å². The third-order valence-corrected chi connectivity index (χ3v) is 6.59. The van der Waals surface area contributed by atoms with Crippen LogP contribution in [0.25, 0.3) is 16.7 Å². The first-order valence-corrected chi connectivity index (χ1v) is 11.2. The van der Waals surface area contributed by atoms with Gasteiger partial charge in [0, 0.05) is 27.9 Å². The van der Waals surface area contributed by atoms with E-state index in [0.29, 0.717) is 37.7 Å². The summed E-state index contributed by atoms with van der Waals surface area (Å²) in [5.41, 5.74) is 1.70. The molecule has 1 aliphatic rings. The first-order valence-electron chi connectivity index (χ1n) is 9.44. The van der Waals surface area contributed by atoms with Crippen LogP contribution in [-0.4, -0.2) is 31.0 Å². The maximum atomic E-state index is 13.2. The number of benzene rings is 2. The molecule has 1 aliphatic heterocycles. The summed E-state index contributed by atoms with van der Waals surface area (Å²) >= 11 is 13.3. The van der Waals surface area contributed by atoms with Crippen molar-refractivity contribution in [2.24, 2.45) is 0 Å².